The van der Waals surface area contributed by atoms with E-state index in [0.29, 0.717) is 5.57 Å². The number of halogens is 3. The largest absolute Gasteiger partial charge is 0.276 e. The molecule has 0 aromatic carbocycles. The number of rotatable bonds is 1. The minimum absolute atomic E-state index is 0.398. The highest BCUT2D eigenvalue weighted by molar-refractivity contribution is 6.68. The van der Waals surface area contributed by atoms with Crippen molar-refractivity contribution in [1.82, 2.24) is 0 Å². The Hall–Kier alpha value is 0.0200. The fourth-order valence-electron chi connectivity index (χ4n) is 0.852. The molecule has 0 amide bonds. The molecule has 0 saturated carbocycles. The molecule has 0 saturated heterocycles. The molecule has 0 fully saturated rings. The third-order valence-corrected chi connectivity index (χ3v) is 2.95. The Morgan fingerprint density at radius 1 is 1.67 bits per heavy atom. The van der Waals surface area contributed by atoms with E-state index in [4.69, 9.17) is 34.8 Å². The van der Waals surface area contributed by atoms with E-state index in [1.165, 1.54) is 0 Å². The summed E-state index contributed by atoms with van der Waals surface area (Å²) in [5.41, 5.74) is 0.398. The van der Waals surface area contributed by atoms with Crippen LogP contribution in [0.5, 0.6) is 0 Å². The smallest absolute Gasteiger partial charge is 0.252 e. The van der Waals surface area contributed by atoms with Crippen LogP contribution in [-0.4, -0.2) is 15.5 Å². The fraction of sp³-hybridized carbons (Fsp3) is 0.375. The van der Waals surface area contributed by atoms with Gasteiger partial charge in [0, 0.05) is 5.57 Å². The lowest BCUT2D eigenvalue weighted by Gasteiger charge is -2.24. The van der Waals surface area contributed by atoms with Crippen LogP contribution in [0.3, 0.4) is 0 Å². The van der Waals surface area contributed by atoms with Crippen LogP contribution in [0, 0.1) is 0 Å². The Morgan fingerprint density at radius 2 is 2.25 bits per heavy atom. The maximum absolute atomic E-state index is 10.7. The first-order valence-electron chi connectivity index (χ1n) is 3.37. The zero-order chi connectivity index (χ0) is 9.35. The highest BCUT2D eigenvalue weighted by atomic mass is 35.5. The number of allylic oxidation sites excluding steroid dienone is 4. The van der Waals surface area contributed by atoms with Crippen LogP contribution in [0.1, 0.15) is 6.92 Å². The molecule has 0 spiro atoms. The van der Waals surface area contributed by atoms with E-state index in [-0.39, 0.29) is 0 Å². The van der Waals surface area contributed by atoms with Crippen molar-refractivity contribution in [3.05, 3.63) is 23.8 Å². The Balaban J connectivity index is 2.91. The lowest BCUT2D eigenvalue weighted by Crippen LogP contribution is -2.28. The van der Waals surface area contributed by atoms with Crippen molar-refractivity contribution in [3.8, 4) is 0 Å². The number of hydrogen-bond acceptors (Lipinski definition) is 1. The third kappa shape index (κ3) is 2.03. The molecular weight excluding hydrogens is 218 g/mol. The summed E-state index contributed by atoms with van der Waals surface area (Å²) in [5.74, 6) is 0. The topological polar surface area (TPSA) is 17.1 Å². The van der Waals surface area contributed by atoms with Crippen molar-refractivity contribution in [2.45, 2.75) is 17.2 Å². The summed E-state index contributed by atoms with van der Waals surface area (Å²) in [6, 6.07) is 0. The summed E-state index contributed by atoms with van der Waals surface area (Å²) in [6.45, 7) is 1.77. The van der Waals surface area contributed by atoms with Crippen LogP contribution in [0.25, 0.3) is 0 Å². The molecule has 0 bridgehead atoms. The van der Waals surface area contributed by atoms with Crippen molar-refractivity contribution in [2.75, 3.05) is 0 Å². The van der Waals surface area contributed by atoms with E-state index in [0.717, 1.165) is 0 Å². The predicted molar refractivity (Wildman–Crippen MR) is 52.0 cm³/mol. The fourth-order valence-corrected chi connectivity index (χ4v) is 1.31. The maximum Gasteiger partial charge on any atom is 0.252 e. The van der Waals surface area contributed by atoms with Gasteiger partial charge in [0.25, 0.3) is 5.24 Å². The van der Waals surface area contributed by atoms with Gasteiger partial charge < -0.3 is 0 Å². The van der Waals surface area contributed by atoms with E-state index >= 15 is 0 Å². The summed E-state index contributed by atoms with van der Waals surface area (Å²) in [4.78, 5) is 10.1. The first-order chi connectivity index (χ1) is 5.43. The standard InChI is InChI=1S/C8H7Cl3O/c1-8(11)3-2-5(7(10)12)4-6(8)9/h2-4,6H,1H3. The van der Waals surface area contributed by atoms with Crippen molar-refractivity contribution < 1.29 is 4.79 Å². The summed E-state index contributed by atoms with van der Waals surface area (Å²) >= 11 is 17.1. The van der Waals surface area contributed by atoms with Gasteiger partial charge in [-0.05, 0) is 18.5 Å². The quantitative estimate of drug-likeness (QED) is 0.495. The van der Waals surface area contributed by atoms with Gasteiger partial charge in [0.15, 0.2) is 0 Å². The molecule has 1 aliphatic carbocycles. The Bertz CT molecular complexity index is 265. The predicted octanol–water partition coefficient (Wildman–Crippen LogP) is 2.85. The molecule has 0 N–H and O–H groups in total. The van der Waals surface area contributed by atoms with E-state index in [1.54, 1.807) is 25.2 Å². The molecule has 0 radical (unpaired) electrons. The number of carbonyl (C=O) groups excluding carboxylic acids is 1. The third-order valence-electron chi connectivity index (χ3n) is 1.68. The molecule has 0 heterocycles. The van der Waals surface area contributed by atoms with Crippen molar-refractivity contribution in [3.63, 3.8) is 0 Å². The summed E-state index contributed by atoms with van der Waals surface area (Å²) in [6.07, 6.45) is 4.81. The first kappa shape index (κ1) is 10.1. The Morgan fingerprint density at radius 3 is 2.67 bits per heavy atom. The summed E-state index contributed by atoms with van der Waals surface area (Å²) in [5, 5.41) is -0.911. The highest BCUT2D eigenvalue weighted by Gasteiger charge is 2.29. The van der Waals surface area contributed by atoms with Crippen LogP contribution in [0.2, 0.25) is 0 Å². The van der Waals surface area contributed by atoms with Gasteiger partial charge in [0.2, 0.25) is 0 Å². The zero-order valence-electron chi connectivity index (χ0n) is 6.35. The second-order valence-corrected chi connectivity index (χ2v) is 4.41. The van der Waals surface area contributed by atoms with Crippen LogP contribution in [0.15, 0.2) is 23.8 Å². The number of hydrogen-bond donors (Lipinski definition) is 0. The lowest BCUT2D eigenvalue weighted by atomic mass is 9.98. The molecule has 0 aliphatic heterocycles. The molecule has 66 valence electrons. The molecule has 1 rings (SSSR count). The van der Waals surface area contributed by atoms with Gasteiger partial charge in [0.05, 0.1) is 10.3 Å². The van der Waals surface area contributed by atoms with E-state index in [1.807, 2.05) is 0 Å². The van der Waals surface area contributed by atoms with Gasteiger partial charge in [0.1, 0.15) is 0 Å². The summed E-state index contributed by atoms with van der Waals surface area (Å²) < 4.78 is 0. The van der Waals surface area contributed by atoms with Gasteiger partial charge in [-0.25, -0.2) is 0 Å². The first-order valence-corrected chi connectivity index (χ1v) is 4.56. The van der Waals surface area contributed by atoms with E-state index < -0.39 is 15.5 Å². The molecule has 1 nitrogen and oxygen atoms in total. The minimum atomic E-state index is -0.628. The molecule has 12 heavy (non-hydrogen) atoms. The zero-order valence-corrected chi connectivity index (χ0v) is 8.62. The molecule has 2 atom stereocenters. The second kappa shape index (κ2) is 3.41. The van der Waals surface area contributed by atoms with Crippen LogP contribution in [0.4, 0.5) is 0 Å². The van der Waals surface area contributed by atoms with Crippen molar-refractivity contribution in [2.24, 2.45) is 0 Å². The normalized spacial score (nSPS) is 34.7. The Labute approximate surface area is 86.0 Å². The molecule has 1 aliphatic rings. The Kier molecular flexibility index (Phi) is 2.87. The second-order valence-electron chi connectivity index (χ2n) is 2.78. The van der Waals surface area contributed by atoms with Crippen LogP contribution in [-0.2, 0) is 4.79 Å². The number of carbonyl (C=O) groups is 1. The van der Waals surface area contributed by atoms with Gasteiger partial charge in [-0.3, -0.25) is 4.79 Å². The van der Waals surface area contributed by atoms with Crippen LogP contribution >= 0.6 is 34.8 Å². The average Bonchev–Trinajstić information content (AvgIpc) is 1.94. The minimum Gasteiger partial charge on any atom is -0.276 e. The summed E-state index contributed by atoms with van der Waals surface area (Å²) in [7, 11) is 0. The SMILES string of the molecule is CC1(Cl)C=CC(C(=O)Cl)=CC1Cl. The van der Waals surface area contributed by atoms with Crippen molar-refractivity contribution in [1.29, 1.82) is 0 Å². The van der Waals surface area contributed by atoms with Gasteiger partial charge >= 0.3 is 0 Å². The van der Waals surface area contributed by atoms with Gasteiger partial charge in [-0.2, -0.15) is 0 Å². The molecular formula is C8H7Cl3O. The maximum atomic E-state index is 10.7. The van der Waals surface area contributed by atoms with Crippen molar-refractivity contribution >= 4 is 40.0 Å². The highest BCUT2D eigenvalue weighted by Crippen LogP contribution is 2.31. The van der Waals surface area contributed by atoms with E-state index in [2.05, 4.69) is 0 Å². The molecule has 0 aromatic heterocycles. The van der Waals surface area contributed by atoms with Gasteiger partial charge in [-0.1, -0.05) is 18.2 Å². The molecule has 0 aromatic rings. The van der Waals surface area contributed by atoms with Gasteiger partial charge in [-0.15, -0.1) is 23.2 Å². The lowest BCUT2D eigenvalue weighted by molar-refractivity contribution is -0.108. The monoisotopic (exact) mass is 224 g/mol. The average molecular weight is 226 g/mol. The molecule has 4 heteroatoms. The van der Waals surface area contributed by atoms with Crippen LogP contribution < -0.4 is 0 Å². The van der Waals surface area contributed by atoms with E-state index in [9.17, 15) is 4.79 Å². The molecule has 2 unspecified atom stereocenters. The number of alkyl halides is 2.